The maximum atomic E-state index is 13.2. The molecule has 1 aliphatic heterocycles. The van der Waals surface area contributed by atoms with E-state index in [4.69, 9.17) is 0 Å². The third-order valence-electron chi connectivity index (χ3n) is 5.80. The second-order valence-corrected chi connectivity index (χ2v) is 8.46. The van der Waals surface area contributed by atoms with Crippen LogP contribution in [0.4, 0.5) is 0 Å². The molecule has 0 bridgehead atoms. The fourth-order valence-electron chi connectivity index (χ4n) is 3.95. The number of carbonyl (C=O) groups excluding carboxylic acids is 4. The second-order valence-electron chi connectivity index (χ2n) is 8.46. The maximum Gasteiger partial charge on any atom is 0.254 e. The van der Waals surface area contributed by atoms with Crippen molar-refractivity contribution < 1.29 is 19.2 Å². The summed E-state index contributed by atoms with van der Waals surface area (Å²) < 4.78 is 1.68. The van der Waals surface area contributed by atoms with Gasteiger partial charge in [-0.1, -0.05) is 42.5 Å². The van der Waals surface area contributed by atoms with Crippen LogP contribution in [0.5, 0.6) is 0 Å². The standard InChI is InChI=1S/C25H27N7O4/c1-15-23(34)27-14-22(33)29-19(12-17-8-4-3-5-9-17)25(36)26-13-21-31-30-16(2)32(21)20-11-7-6-10-18(20)24(35)28-15/h3-11,15,19H,12-14H2,1-2H3,(H,26,36)(H,27,34)(H,28,35)(H,29,33)/t15-,19-/m0/s1. The van der Waals surface area contributed by atoms with Gasteiger partial charge in [0.1, 0.15) is 17.9 Å². The smallest absolute Gasteiger partial charge is 0.254 e. The molecule has 2 heterocycles. The summed E-state index contributed by atoms with van der Waals surface area (Å²) in [5, 5.41) is 19.0. The second kappa shape index (κ2) is 10.8. The Morgan fingerprint density at radius 2 is 1.56 bits per heavy atom. The van der Waals surface area contributed by atoms with E-state index < -0.39 is 35.7 Å². The van der Waals surface area contributed by atoms with Crippen molar-refractivity contribution in [1.29, 1.82) is 0 Å². The Morgan fingerprint density at radius 1 is 0.861 bits per heavy atom. The number of fused-ring (bicyclic) bond motifs is 3. The summed E-state index contributed by atoms with van der Waals surface area (Å²) in [6, 6.07) is 14.4. The molecule has 0 aliphatic carbocycles. The van der Waals surface area contributed by atoms with Gasteiger partial charge in [-0.15, -0.1) is 10.2 Å². The molecule has 2 aromatic carbocycles. The summed E-state index contributed by atoms with van der Waals surface area (Å²) >= 11 is 0. The Balaban J connectivity index is 1.70. The van der Waals surface area contributed by atoms with E-state index in [1.54, 1.807) is 35.8 Å². The quantitative estimate of drug-likeness (QED) is 0.403. The molecule has 11 heteroatoms. The molecule has 2 atom stereocenters. The highest BCUT2D eigenvalue weighted by atomic mass is 16.2. The zero-order valence-electron chi connectivity index (χ0n) is 19.9. The molecule has 0 radical (unpaired) electrons. The van der Waals surface area contributed by atoms with Crippen molar-refractivity contribution in [2.45, 2.75) is 38.9 Å². The van der Waals surface area contributed by atoms with Crippen molar-refractivity contribution in [3.05, 3.63) is 77.4 Å². The number of para-hydroxylation sites is 1. The van der Waals surface area contributed by atoms with Crippen molar-refractivity contribution in [3.63, 3.8) is 0 Å². The van der Waals surface area contributed by atoms with E-state index in [2.05, 4.69) is 31.5 Å². The zero-order valence-corrected chi connectivity index (χ0v) is 19.9. The lowest BCUT2D eigenvalue weighted by Gasteiger charge is -2.21. The first-order valence-corrected chi connectivity index (χ1v) is 11.5. The Bertz CT molecular complexity index is 1290. The first kappa shape index (κ1) is 24.6. The van der Waals surface area contributed by atoms with Gasteiger partial charge in [-0.2, -0.15) is 0 Å². The van der Waals surface area contributed by atoms with Gasteiger partial charge in [0.25, 0.3) is 5.91 Å². The van der Waals surface area contributed by atoms with E-state index in [0.717, 1.165) is 5.56 Å². The van der Waals surface area contributed by atoms with Crippen molar-refractivity contribution in [3.8, 4) is 5.69 Å². The highest BCUT2D eigenvalue weighted by molar-refractivity contribution is 6.00. The number of amides is 4. The van der Waals surface area contributed by atoms with Crippen LogP contribution >= 0.6 is 0 Å². The number of carbonyl (C=O) groups is 4. The summed E-state index contributed by atoms with van der Waals surface area (Å²) in [6.07, 6.45) is 0.257. The van der Waals surface area contributed by atoms with Crippen LogP contribution in [0, 0.1) is 6.92 Å². The van der Waals surface area contributed by atoms with E-state index in [1.807, 2.05) is 30.3 Å². The number of rotatable bonds is 2. The summed E-state index contributed by atoms with van der Waals surface area (Å²) in [5.74, 6) is -1.04. The molecule has 186 valence electrons. The number of aryl methyl sites for hydroxylation is 1. The van der Waals surface area contributed by atoms with E-state index in [9.17, 15) is 19.2 Å². The van der Waals surface area contributed by atoms with Gasteiger partial charge in [0.2, 0.25) is 17.7 Å². The van der Waals surface area contributed by atoms with Gasteiger partial charge in [0, 0.05) is 6.42 Å². The minimum absolute atomic E-state index is 0.0178. The molecule has 1 aliphatic rings. The maximum absolute atomic E-state index is 13.2. The van der Waals surface area contributed by atoms with Crippen LogP contribution in [-0.2, 0) is 27.3 Å². The minimum Gasteiger partial charge on any atom is -0.347 e. The highest BCUT2D eigenvalue weighted by Crippen LogP contribution is 2.18. The molecule has 0 saturated carbocycles. The SMILES string of the molecule is Cc1nnc2n1-c1ccccc1C(=O)N[C@@H](C)C(=O)NCC(=O)N[C@@H](Cc1ccccc1)C(=O)NC2. The predicted molar refractivity (Wildman–Crippen MR) is 130 cm³/mol. The molecule has 0 saturated heterocycles. The van der Waals surface area contributed by atoms with Gasteiger partial charge < -0.3 is 21.3 Å². The number of hydrogen-bond donors (Lipinski definition) is 4. The average molecular weight is 490 g/mol. The highest BCUT2D eigenvalue weighted by Gasteiger charge is 2.25. The fraction of sp³-hybridized carbons (Fsp3) is 0.280. The molecule has 0 spiro atoms. The van der Waals surface area contributed by atoms with Crippen LogP contribution in [0.25, 0.3) is 5.69 Å². The summed E-state index contributed by atoms with van der Waals surface area (Å²) in [5.41, 5.74) is 1.68. The summed E-state index contributed by atoms with van der Waals surface area (Å²) in [4.78, 5) is 51.3. The predicted octanol–water partition coefficient (Wildman–Crippen LogP) is 0.168. The normalized spacial score (nSPS) is 19.3. The van der Waals surface area contributed by atoms with Crippen molar-refractivity contribution in [2.75, 3.05) is 6.54 Å². The van der Waals surface area contributed by atoms with Gasteiger partial charge in [-0.25, -0.2) is 0 Å². The van der Waals surface area contributed by atoms with Crippen LogP contribution in [0.1, 0.15) is 34.5 Å². The third kappa shape index (κ3) is 5.57. The van der Waals surface area contributed by atoms with E-state index in [-0.39, 0.29) is 19.5 Å². The largest absolute Gasteiger partial charge is 0.347 e. The molecule has 4 amide bonds. The lowest BCUT2D eigenvalue weighted by Crippen LogP contribution is -2.52. The lowest BCUT2D eigenvalue weighted by atomic mass is 10.1. The van der Waals surface area contributed by atoms with E-state index in [1.165, 1.54) is 6.92 Å². The molecular weight excluding hydrogens is 462 g/mol. The van der Waals surface area contributed by atoms with Crippen LogP contribution in [0.2, 0.25) is 0 Å². The van der Waals surface area contributed by atoms with Crippen LogP contribution < -0.4 is 21.3 Å². The number of aromatic nitrogens is 3. The van der Waals surface area contributed by atoms with E-state index >= 15 is 0 Å². The molecule has 36 heavy (non-hydrogen) atoms. The van der Waals surface area contributed by atoms with Crippen molar-refractivity contribution >= 4 is 23.6 Å². The minimum atomic E-state index is -0.906. The van der Waals surface area contributed by atoms with Gasteiger partial charge in [0.15, 0.2) is 5.82 Å². The zero-order chi connectivity index (χ0) is 25.7. The van der Waals surface area contributed by atoms with Gasteiger partial charge in [-0.3, -0.25) is 23.7 Å². The Kier molecular flexibility index (Phi) is 7.38. The Hall–Kier alpha value is -4.54. The Labute approximate surface area is 207 Å². The van der Waals surface area contributed by atoms with E-state index in [0.29, 0.717) is 22.9 Å². The topological polar surface area (TPSA) is 147 Å². The fourth-order valence-corrected chi connectivity index (χ4v) is 3.95. The summed E-state index contributed by atoms with van der Waals surface area (Å²) in [7, 11) is 0. The lowest BCUT2D eigenvalue weighted by molar-refractivity contribution is -0.130. The molecule has 1 aromatic heterocycles. The summed E-state index contributed by atoms with van der Waals surface area (Å²) in [6.45, 7) is 2.93. The molecule has 11 nitrogen and oxygen atoms in total. The molecule has 0 fully saturated rings. The molecule has 4 rings (SSSR count). The van der Waals surface area contributed by atoms with Crippen LogP contribution in [0.15, 0.2) is 54.6 Å². The van der Waals surface area contributed by atoms with Crippen LogP contribution in [0.3, 0.4) is 0 Å². The van der Waals surface area contributed by atoms with Crippen molar-refractivity contribution in [2.24, 2.45) is 0 Å². The number of nitrogens with zero attached hydrogens (tertiary/aromatic N) is 3. The van der Waals surface area contributed by atoms with Gasteiger partial charge >= 0.3 is 0 Å². The number of hydrogen-bond acceptors (Lipinski definition) is 6. The van der Waals surface area contributed by atoms with Crippen molar-refractivity contribution in [1.82, 2.24) is 36.0 Å². The molecular formula is C25H27N7O4. The first-order chi connectivity index (χ1) is 17.3. The van der Waals surface area contributed by atoms with Gasteiger partial charge in [-0.05, 0) is 31.5 Å². The first-order valence-electron chi connectivity index (χ1n) is 11.5. The van der Waals surface area contributed by atoms with Crippen LogP contribution in [-0.4, -0.2) is 57.0 Å². The third-order valence-corrected chi connectivity index (χ3v) is 5.80. The number of benzene rings is 2. The van der Waals surface area contributed by atoms with Gasteiger partial charge in [0.05, 0.1) is 24.3 Å². The average Bonchev–Trinajstić information content (AvgIpc) is 3.25. The molecule has 4 N–H and O–H groups in total. The monoisotopic (exact) mass is 489 g/mol. The molecule has 3 aromatic rings. The Morgan fingerprint density at radius 3 is 2.33 bits per heavy atom. The number of nitrogens with one attached hydrogen (secondary N) is 4. The molecule has 0 unspecified atom stereocenters.